The van der Waals surface area contributed by atoms with E-state index >= 15 is 0 Å². The minimum Gasteiger partial charge on any atom is -0.327 e. The van der Waals surface area contributed by atoms with Crippen molar-refractivity contribution in [3.8, 4) is 0 Å². The Hall–Kier alpha value is -1.39. The summed E-state index contributed by atoms with van der Waals surface area (Å²) in [6.07, 6.45) is 0.583. The first-order valence-electron chi connectivity index (χ1n) is 6.02. The third kappa shape index (κ3) is 4.33. The van der Waals surface area contributed by atoms with Gasteiger partial charge in [-0.1, -0.05) is 24.3 Å². The number of nitrogens with two attached hydrogens (primary N) is 1. The average Bonchev–Trinajstić information content (AvgIpc) is 2.38. The van der Waals surface area contributed by atoms with Crippen molar-refractivity contribution in [1.29, 1.82) is 0 Å². The summed E-state index contributed by atoms with van der Waals surface area (Å²) < 4.78 is 26.4. The lowest BCUT2D eigenvalue weighted by Crippen LogP contribution is -2.25. The Bertz CT molecular complexity index is 545. The van der Waals surface area contributed by atoms with Crippen LogP contribution in [0.5, 0.6) is 0 Å². The third-order valence-electron chi connectivity index (χ3n) is 2.68. The predicted molar refractivity (Wildman–Crippen MR) is 75.2 cm³/mol. The molecular weight excluding hydrogens is 264 g/mol. The minimum atomic E-state index is -0.258. The van der Waals surface area contributed by atoms with Gasteiger partial charge in [-0.15, -0.1) is 11.8 Å². The van der Waals surface area contributed by atoms with Crippen molar-refractivity contribution < 1.29 is 8.78 Å². The molecule has 0 aromatic heterocycles. The van der Waals surface area contributed by atoms with Crippen molar-refractivity contribution in [1.82, 2.24) is 0 Å². The molecule has 1 nitrogen and oxygen atoms in total. The fourth-order valence-corrected chi connectivity index (χ4v) is 2.68. The van der Waals surface area contributed by atoms with E-state index < -0.39 is 0 Å². The number of thioether (sulfide) groups is 1. The number of hydrogen-bond donors (Lipinski definition) is 1. The summed E-state index contributed by atoms with van der Waals surface area (Å²) in [5.41, 5.74) is 6.85. The summed E-state index contributed by atoms with van der Waals surface area (Å²) in [4.78, 5) is 0.595. The molecule has 0 fully saturated rings. The Kier molecular flexibility index (Phi) is 4.93. The second kappa shape index (κ2) is 6.68. The van der Waals surface area contributed by atoms with Crippen molar-refractivity contribution >= 4 is 11.8 Å². The van der Waals surface area contributed by atoms with Gasteiger partial charge in [-0.3, -0.25) is 0 Å². The molecule has 0 aliphatic heterocycles. The highest BCUT2D eigenvalue weighted by Gasteiger charge is 2.08. The van der Waals surface area contributed by atoms with E-state index in [-0.39, 0.29) is 17.7 Å². The van der Waals surface area contributed by atoms with E-state index in [2.05, 4.69) is 0 Å². The number of benzene rings is 2. The Morgan fingerprint density at radius 2 is 1.84 bits per heavy atom. The minimum absolute atomic E-state index is 0.133. The maximum absolute atomic E-state index is 13.4. The van der Waals surface area contributed by atoms with Gasteiger partial charge in [-0.05, 0) is 36.2 Å². The molecule has 0 aliphatic rings. The number of rotatable bonds is 5. The van der Waals surface area contributed by atoms with Crippen LogP contribution < -0.4 is 5.73 Å². The summed E-state index contributed by atoms with van der Waals surface area (Å²) in [7, 11) is 0. The standard InChI is InChI=1S/C15H15F2NS/c16-12-5-3-4-11(8-12)9-13(18)10-19-15-7-2-1-6-14(15)17/h1-8,13H,9-10,18H2. The van der Waals surface area contributed by atoms with Crippen LogP contribution >= 0.6 is 11.8 Å². The molecular formula is C15H15F2NS. The van der Waals surface area contributed by atoms with Crippen molar-refractivity contribution in [2.24, 2.45) is 5.73 Å². The Morgan fingerprint density at radius 3 is 2.58 bits per heavy atom. The fraction of sp³-hybridized carbons (Fsp3) is 0.200. The Labute approximate surface area is 115 Å². The van der Waals surface area contributed by atoms with Gasteiger partial charge in [0.05, 0.1) is 0 Å². The van der Waals surface area contributed by atoms with E-state index in [9.17, 15) is 8.78 Å². The second-order valence-corrected chi connectivity index (χ2v) is 5.40. The van der Waals surface area contributed by atoms with Crippen LogP contribution in [-0.2, 0) is 6.42 Å². The van der Waals surface area contributed by atoms with Crippen LogP contribution in [0.2, 0.25) is 0 Å². The normalized spacial score (nSPS) is 12.4. The second-order valence-electron chi connectivity index (χ2n) is 4.34. The summed E-state index contributed by atoms with van der Waals surface area (Å²) >= 11 is 1.38. The van der Waals surface area contributed by atoms with Gasteiger partial charge in [0.15, 0.2) is 0 Å². The zero-order chi connectivity index (χ0) is 13.7. The molecule has 0 aliphatic carbocycles. The van der Waals surface area contributed by atoms with Gasteiger partial charge in [0.1, 0.15) is 11.6 Å². The highest BCUT2D eigenvalue weighted by Crippen LogP contribution is 2.22. The highest BCUT2D eigenvalue weighted by atomic mass is 32.2. The molecule has 0 saturated carbocycles. The van der Waals surface area contributed by atoms with Gasteiger partial charge in [0, 0.05) is 16.7 Å². The molecule has 100 valence electrons. The van der Waals surface area contributed by atoms with Crippen molar-refractivity contribution in [3.63, 3.8) is 0 Å². The number of halogens is 2. The lowest BCUT2D eigenvalue weighted by molar-refractivity contribution is 0.601. The van der Waals surface area contributed by atoms with Crippen LogP contribution in [0.3, 0.4) is 0 Å². The summed E-state index contributed by atoms with van der Waals surface area (Å²) in [5, 5.41) is 0. The highest BCUT2D eigenvalue weighted by molar-refractivity contribution is 7.99. The molecule has 4 heteroatoms. The van der Waals surface area contributed by atoms with E-state index in [1.54, 1.807) is 24.3 Å². The van der Waals surface area contributed by atoms with Crippen LogP contribution in [0.15, 0.2) is 53.4 Å². The molecule has 0 radical (unpaired) electrons. The van der Waals surface area contributed by atoms with Crippen LogP contribution in [-0.4, -0.2) is 11.8 Å². The smallest absolute Gasteiger partial charge is 0.136 e. The largest absolute Gasteiger partial charge is 0.327 e. The number of hydrogen-bond acceptors (Lipinski definition) is 2. The Balaban J connectivity index is 1.88. The summed E-state index contributed by atoms with van der Waals surface area (Å²) in [5.74, 6) is 0.106. The Morgan fingerprint density at radius 1 is 1.05 bits per heavy atom. The molecule has 0 heterocycles. The molecule has 1 unspecified atom stereocenters. The predicted octanol–water partition coefficient (Wildman–Crippen LogP) is 3.63. The quantitative estimate of drug-likeness (QED) is 0.846. The van der Waals surface area contributed by atoms with Gasteiger partial charge >= 0.3 is 0 Å². The van der Waals surface area contributed by atoms with Crippen LogP contribution in [0.25, 0.3) is 0 Å². The van der Waals surface area contributed by atoms with Gasteiger partial charge in [-0.25, -0.2) is 8.78 Å². The molecule has 0 amide bonds. The lowest BCUT2D eigenvalue weighted by atomic mass is 10.1. The van der Waals surface area contributed by atoms with Gasteiger partial charge in [0.2, 0.25) is 0 Å². The summed E-state index contributed by atoms with van der Waals surface area (Å²) in [6.45, 7) is 0. The van der Waals surface area contributed by atoms with Crippen molar-refractivity contribution in [3.05, 3.63) is 65.7 Å². The maximum atomic E-state index is 13.4. The van der Waals surface area contributed by atoms with Gasteiger partial charge < -0.3 is 5.73 Å². The zero-order valence-electron chi connectivity index (χ0n) is 10.4. The average molecular weight is 279 g/mol. The summed E-state index contributed by atoms with van der Waals surface area (Å²) in [6, 6.07) is 12.9. The first kappa shape index (κ1) is 14.0. The molecule has 2 rings (SSSR count). The van der Waals surface area contributed by atoms with Gasteiger partial charge in [-0.2, -0.15) is 0 Å². The van der Waals surface area contributed by atoms with E-state index in [4.69, 9.17) is 5.73 Å². The van der Waals surface area contributed by atoms with Gasteiger partial charge in [0.25, 0.3) is 0 Å². The lowest BCUT2D eigenvalue weighted by Gasteiger charge is -2.11. The zero-order valence-corrected chi connectivity index (χ0v) is 11.2. The molecule has 0 spiro atoms. The van der Waals surface area contributed by atoms with Crippen molar-refractivity contribution in [2.45, 2.75) is 17.4 Å². The molecule has 2 aromatic carbocycles. The molecule has 0 saturated heterocycles. The van der Waals surface area contributed by atoms with E-state index in [0.717, 1.165) is 5.56 Å². The molecule has 1 atom stereocenters. The first-order valence-corrected chi connectivity index (χ1v) is 7.01. The topological polar surface area (TPSA) is 26.0 Å². The molecule has 2 aromatic rings. The van der Waals surface area contributed by atoms with Crippen LogP contribution in [0.1, 0.15) is 5.56 Å². The molecule has 0 bridgehead atoms. The van der Waals surface area contributed by atoms with Crippen LogP contribution in [0, 0.1) is 11.6 Å². The molecule has 19 heavy (non-hydrogen) atoms. The van der Waals surface area contributed by atoms with Crippen molar-refractivity contribution in [2.75, 3.05) is 5.75 Å². The van der Waals surface area contributed by atoms with E-state index in [0.29, 0.717) is 17.1 Å². The van der Waals surface area contributed by atoms with Crippen LogP contribution in [0.4, 0.5) is 8.78 Å². The first-order chi connectivity index (χ1) is 9.15. The third-order valence-corrected chi connectivity index (χ3v) is 3.91. The molecule has 2 N–H and O–H groups in total. The van der Waals surface area contributed by atoms with E-state index in [1.807, 2.05) is 6.07 Å². The SMILES string of the molecule is NC(CSc1ccccc1F)Cc1cccc(F)c1. The fourth-order valence-electron chi connectivity index (χ4n) is 1.78. The van der Waals surface area contributed by atoms with E-state index in [1.165, 1.54) is 30.0 Å². The maximum Gasteiger partial charge on any atom is 0.136 e. The monoisotopic (exact) mass is 279 g/mol.